The standard InChI is InChI=1S/C21H42N2/c1-19(2)13-11-9-7-6-8-10-12-14-21(5)23-17-15-22(16-18-23)20(3)4/h19-20H,5-18H2,1-4H3. The first-order valence-corrected chi connectivity index (χ1v) is 10.2. The second kappa shape index (κ2) is 11.9. The van der Waals surface area contributed by atoms with E-state index in [-0.39, 0.29) is 0 Å². The van der Waals surface area contributed by atoms with Crippen LogP contribution in [-0.2, 0) is 0 Å². The summed E-state index contributed by atoms with van der Waals surface area (Å²) in [6.07, 6.45) is 12.5. The summed E-state index contributed by atoms with van der Waals surface area (Å²) in [5, 5.41) is 0. The Hall–Kier alpha value is -0.500. The van der Waals surface area contributed by atoms with Crippen LogP contribution in [0.4, 0.5) is 0 Å². The smallest absolute Gasteiger partial charge is 0.0303 e. The van der Waals surface area contributed by atoms with Gasteiger partial charge in [-0.1, -0.05) is 65.4 Å². The average molecular weight is 323 g/mol. The van der Waals surface area contributed by atoms with Crippen LogP contribution in [0.2, 0.25) is 0 Å². The van der Waals surface area contributed by atoms with Gasteiger partial charge < -0.3 is 4.90 Å². The van der Waals surface area contributed by atoms with Crippen LogP contribution in [0.5, 0.6) is 0 Å². The highest BCUT2D eigenvalue weighted by Crippen LogP contribution is 2.17. The Morgan fingerprint density at radius 2 is 1.30 bits per heavy atom. The Morgan fingerprint density at radius 1 is 0.783 bits per heavy atom. The van der Waals surface area contributed by atoms with Gasteiger partial charge in [-0.3, -0.25) is 4.90 Å². The van der Waals surface area contributed by atoms with Crippen molar-refractivity contribution in [3.8, 4) is 0 Å². The maximum Gasteiger partial charge on any atom is 0.0303 e. The van der Waals surface area contributed by atoms with E-state index in [0.29, 0.717) is 6.04 Å². The van der Waals surface area contributed by atoms with Gasteiger partial charge in [-0.05, 0) is 32.6 Å². The second-order valence-electron chi connectivity index (χ2n) is 8.09. The van der Waals surface area contributed by atoms with Crippen molar-refractivity contribution in [3.05, 3.63) is 12.3 Å². The first-order valence-electron chi connectivity index (χ1n) is 10.2. The third-order valence-corrected chi connectivity index (χ3v) is 5.24. The minimum atomic E-state index is 0.686. The van der Waals surface area contributed by atoms with Gasteiger partial charge in [0, 0.05) is 37.9 Å². The molecular formula is C21H42N2. The minimum Gasteiger partial charge on any atom is -0.373 e. The molecule has 0 spiro atoms. The summed E-state index contributed by atoms with van der Waals surface area (Å²) in [5.74, 6) is 0.878. The molecule has 2 heteroatoms. The molecule has 0 aromatic heterocycles. The van der Waals surface area contributed by atoms with Crippen molar-refractivity contribution in [3.63, 3.8) is 0 Å². The predicted molar refractivity (Wildman–Crippen MR) is 104 cm³/mol. The predicted octanol–water partition coefficient (Wildman–Crippen LogP) is 5.69. The van der Waals surface area contributed by atoms with E-state index in [4.69, 9.17) is 0 Å². The first kappa shape index (κ1) is 20.5. The molecule has 0 bridgehead atoms. The van der Waals surface area contributed by atoms with Gasteiger partial charge in [0.1, 0.15) is 0 Å². The van der Waals surface area contributed by atoms with Gasteiger partial charge in [0.05, 0.1) is 0 Å². The summed E-state index contributed by atoms with van der Waals surface area (Å²) in [7, 11) is 0. The van der Waals surface area contributed by atoms with E-state index in [1.54, 1.807) is 0 Å². The molecule has 0 aromatic carbocycles. The second-order valence-corrected chi connectivity index (χ2v) is 8.09. The van der Waals surface area contributed by atoms with Gasteiger partial charge >= 0.3 is 0 Å². The van der Waals surface area contributed by atoms with Crippen molar-refractivity contribution in [2.75, 3.05) is 26.2 Å². The molecular weight excluding hydrogens is 280 g/mol. The van der Waals surface area contributed by atoms with Crippen molar-refractivity contribution in [1.29, 1.82) is 0 Å². The van der Waals surface area contributed by atoms with E-state index in [9.17, 15) is 0 Å². The summed E-state index contributed by atoms with van der Waals surface area (Å²) in [5.41, 5.74) is 1.38. The lowest BCUT2D eigenvalue weighted by Crippen LogP contribution is -2.48. The summed E-state index contributed by atoms with van der Waals surface area (Å²) >= 11 is 0. The van der Waals surface area contributed by atoms with E-state index in [0.717, 1.165) is 5.92 Å². The molecule has 1 rings (SSSR count). The molecule has 0 atom stereocenters. The van der Waals surface area contributed by atoms with Crippen LogP contribution < -0.4 is 0 Å². The molecule has 23 heavy (non-hydrogen) atoms. The Labute approximate surface area is 146 Å². The number of hydrogen-bond donors (Lipinski definition) is 0. The number of nitrogens with zero attached hydrogens (tertiary/aromatic N) is 2. The molecule has 0 aliphatic carbocycles. The number of hydrogen-bond acceptors (Lipinski definition) is 2. The fourth-order valence-corrected chi connectivity index (χ4v) is 3.48. The molecule has 0 unspecified atom stereocenters. The van der Waals surface area contributed by atoms with E-state index in [1.165, 1.54) is 89.7 Å². The van der Waals surface area contributed by atoms with Crippen molar-refractivity contribution < 1.29 is 0 Å². The van der Waals surface area contributed by atoms with Gasteiger partial charge in [0.25, 0.3) is 0 Å². The van der Waals surface area contributed by atoms with Gasteiger partial charge in [0.15, 0.2) is 0 Å². The normalized spacial score (nSPS) is 16.5. The highest BCUT2D eigenvalue weighted by molar-refractivity contribution is 4.96. The van der Waals surface area contributed by atoms with Crippen LogP contribution in [-0.4, -0.2) is 42.0 Å². The van der Waals surface area contributed by atoms with E-state index in [2.05, 4.69) is 44.1 Å². The molecule has 0 aromatic rings. The average Bonchev–Trinajstić information content (AvgIpc) is 2.52. The molecule has 0 saturated carbocycles. The fourth-order valence-electron chi connectivity index (χ4n) is 3.48. The summed E-state index contributed by atoms with van der Waals surface area (Å²) < 4.78 is 0. The van der Waals surface area contributed by atoms with E-state index in [1.807, 2.05) is 0 Å². The third kappa shape index (κ3) is 9.39. The number of allylic oxidation sites excluding steroid dienone is 1. The molecule has 136 valence electrons. The van der Waals surface area contributed by atoms with E-state index >= 15 is 0 Å². The van der Waals surface area contributed by atoms with Crippen molar-refractivity contribution in [2.45, 2.75) is 91.5 Å². The topological polar surface area (TPSA) is 6.48 Å². The molecule has 1 aliphatic rings. The minimum absolute atomic E-state index is 0.686. The maximum absolute atomic E-state index is 4.33. The Kier molecular flexibility index (Phi) is 10.7. The van der Waals surface area contributed by atoms with Gasteiger partial charge in [-0.2, -0.15) is 0 Å². The SMILES string of the molecule is C=C(CCCCCCCCCC(C)C)N1CCN(C(C)C)CC1. The summed E-state index contributed by atoms with van der Waals surface area (Å²) in [6.45, 7) is 18.3. The van der Waals surface area contributed by atoms with Crippen LogP contribution in [0.15, 0.2) is 12.3 Å². The van der Waals surface area contributed by atoms with Gasteiger partial charge in [-0.15, -0.1) is 0 Å². The Bertz CT molecular complexity index is 301. The van der Waals surface area contributed by atoms with Crippen molar-refractivity contribution in [2.24, 2.45) is 5.92 Å². The summed E-state index contributed by atoms with van der Waals surface area (Å²) in [6, 6.07) is 0.686. The molecule has 0 amide bonds. The Morgan fingerprint density at radius 3 is 1.83 bits per heavy atom. The van der Waals surface area contributed by atoms with Crippen molar-refractivity contribution >= 4 is 0 Å². The van der Waals surface area contributed by atoms with Crippen LogP contribution in [0.25, 0.3) is 0 Å². The number of piperazine rings is 1. The lowest BCUT2D eigenvalue weighted by molar-refractivity contribution is 0.128. The molecule has 1 aliphatic heterocycles. The monoisotopic (exact) mass is 322 g/mol. The van der Waals surface area contributed by atoms with E-state index < -0.39 is 0 Å². The first-order chi connectivity index (χ1) is 11.0. The zero-order chi connectivity index (χ0) is 17.1. The van der Waals surface area contributed by atoms with Crippen LogP contribution in [0, 0.1) is 5.92 Å². The van der Waals surface area contributed by atoms with Crippen LogP contribution in [0.3, 0.4) is 0 Å². The maximum atomic E-state index is 4.33. The lowest BCUT2D eigenvalue weighted by atomic mass is 10.0. The number of unbranched alkanes of at least 4 members (excludes halogenated alkanes) is 6. The lowest BCUT2D eigenvalue weighted by Gasteiger charge is -2.39. The molecule has 1 saturated heterocycles. The van der Waals surface area contributed by atoms with Crippen LogP contribution >= 0.6 is 0 Å². The molecule has 1 heterocycles. The third-order valence-electron chi connectivity index (χ3n) is 5.24. The fraction of sp³-hybridized carbons (Fsp3) is 0.905. The van der Waals surface area contributed by atoms with Crippen molar-refractivity contribution in [1.82, 2.24) is 9.80 Å². The zero-order valence-corrected chi connectivity index (χ0v) is 16.4. The highest BCUT2D eigenvalue weighted by Gasteiger charge is 2.19. The largest absolute Gasteiger partial charge is 0.373 e. The summed E-state index contributed by atoms with van der Waals surface area (Å²) in [4.78, 5) is 5.09. The van der Waals surface area contributed by atoms with Crippen LogP contribution in [0.1, 0.15) is 85.5 Å². The molecule has 1 fully saturated rings. The number of rotatable bonds is 12. The molecule has 0 radical (unpaired) electrons. The Balaban J connectivity index is 1.94. The quantitative estimate of drug-likeness (QED) is 0.426. The van der Waals surface area contributed by atoms with Gasteiger partial charge in [-0.25, -0.2) is 0 Å². The molecule has 0 N–H and O–H groups in total. The van der Waals surface area contributed by atoms with Gasteiger partial charge in [0.2, 0.25) is 0 Å². The molecule has 2 nitrogen and oxygen atoms in total. The highest BCUT2D eigenvalue weighted by atomic mass is 15.3. The zero-order valence-electron chi connectivity index (χ0n) is 16.4.